The lowest BCUT2D eigenvalue weighted by atomic mass is 10.2. The van der Waals surface area contributed by atoms with E-state index in [4.69, 9.17) is 9.47 Å². The zero-order valence-electron chi connectivity index (χ0n) is 8.54. The van der Waals surface area contributed by atoms with Crippen LogP contribution in [-0.2, 0) is 0 Å². The maximum absolute atomic E-state index is 5.74. The molecular formula is C11H15NO2. The smallest absolute Gasteiger partial charge is 0.143 e. The lowest BCUT2D eigenvalue weighted by Gasteiger charge is -2.12. The minimum Gasteiger partial charge on any atom is -0.497 e. The molecule has 1 aromatic carbocycles. The zero-order chi connectivity index (χ0) is 9.97. The monoisotopic (exact) mass is 193 g/mol. The maximum atomic E-state index is 5.74. The number of methoxy groups -OCH3 is 1. The van der Waals surface area contributed by atoms with Gasteiger partial charge < -0.3 is 14.8 Å². The van der Waals surface area contributed by atoms with Crippen LogP contribution < -0.4 is 14.8 Å². The molecule has 1 aliphatic heterocycles. The van der Waals surface area contributed by atoms with Gasteiger partial charge in [-0.2, -0.15) is 0 Å². The standard InChI is InChI=1S/C11H15NO2/c1-8-5-6-12-10-7-9(13-2)3-4-11(10)14-8/h3-4,7-8,12H,5-6H2,1-2H3. The lowest BCUT2D eigenvalue weighted by molar-refractivity contribution is 0.221. The van der Waals surface area contributed by atoms with Gasteiger partial charge in [0.05, 0.1) is 18.9 Å². The Bertz CT molecular complexity index is 325. The summed E-state index contributed by atoms with van der Waals surface area (Å²) in [5.74, 6) is 1.77. The van der Waals surface area contributed by atoms with E-state index in [1.165, 1.54) is 0 Å². The minimum absolute atomic E-state index is 0.275. The Morgan fingerprint density at radius 1 is 1.50 bits per heavy atom. The number of rotatable bonds is 1. The molecule has 1 atom stereocenters. The molecule has 1 N–H and O–H groups in total. The average Bonchev–Trinajstić information content (AvgIpc) is 2.37. The fraction of sp³-hybridized carbons (Fsp3) is 0.455. The summed E-state index contributed by atoms with van der Waals surface area (Å²) in [6.07, 6.45) is 1.30. The highest BCUT2D eigenvalue weighted by Crippen LogP contribution is 2.31. The SMILES string of the molecule is COc1ccc2c(c1)NCCC(C)O2. The van der Waals surface area contributed by atoms with Crippen molar-refractivity contribution < 1.29 is 9.47 Å². The molecule has 0 saturated heterocycles. The molecule has 0 radical (unpaired) electrons. The van der Waals surface area contributed by atoms with Crippen LogP contribution in [0.5, 0.6) is 11.5 Å². The van der Waals surface area contributed by atoms with Gasteiger partial charge in [0.2, 0.25) is 0 Å². The number of benzene rings is 1. The Morgan fingerprint density at radius 3 is 3.14 bits per heavy atom. The topological polar surface area (TPSA) is 30.5 Å². The Kier molecular flexibility index (Phi) is 2.48. The Balaban J connectivity index is 2.31. The van der Waals surface area contributed by atoms with Crippen molar-refractivity contribution in [2.45, 2.75) is 19.4 Å². The van der Waals surface area contributed by atoms with E-state index in [9.17, 15) is 0 Å². The predicted molar refractivity (Wildman–Crippen MR) is 56.2 cm³/mol. The van der Waals surface area contributed by atoms with Crippen molar-refractivity contribution in [2.24, 2.45) is 0 Å². The molecule has 1 heterocycles. The van der Waals surface area contributed by atoms with Crippen LogP contribution in [0, 0.1) is 0 Å². The van der Waals surface area contributed by atoms with Crippen LogP contribution in [0.4, 0.5) is 5.69 Å². The third kappa shape index (κ3) is 1.76. The van der Waals surface area contributed by atoms with Gasteiger partial charge in [-0.05, 0) is 19.1 Å². The van der Waals surface area contributed by atoms with Crippen LogP contribution in [0.25, 0.3) is 0 Å². The Labute approximate surface area is 84.0 Å². The molecule has 0 fully saturated rings. The van der Waals surface area contributed by atoms with E-state index < -0.39 is 0 Å². The highest BCUT2D eigenvalue weighted by molar-refractivity contribution is 5.60. The number of nitrogens with one attached hydrogen (secondary N) is 1. The largest absolute Gasteiger partial charge is 0.497 e. The van der Waals surface area contributed by atoms with E-state index in [1.54, 1.807) is 7.11 Å². The third-order valence-electron chi connectivity index (χ3n) is 2.38. The van der Waals surface area contributed by atoms with E-state index in [0.717, 1.165) is 30.2 Å². The molecule has 1 unspecified atom stereocenters. The summed E-state index contributed by atoms with van der Waals surface area (Å²) in [6, 6.07) is 5.83. The first kappa shape index (κ1) is 9.19. The number of ether oxygens (including phenoxy) is 2. The molecule has 0 aliphatic carbocycles. The van der Waals surface area contributed by atoms with Crippen molar-refractivity contribution in [3.8, 4) is 11.5 Å². The van der Waals surface area contributed by atoms with Crippen molar-refractivity contribution in [1.29, 1.82) is 0 Å². The molecule has 0 spiro atoms. The van der Waals surface area contributed by atoms with Crippen molar-refractivity contribution in [2.75, 3.05) is 19.0 Å². The van der Waals surface area contributed by atoms with Gasteiger partial charge in [0.25, 0.3) is 0 Å². The second-order valence-electron chi connectivity index (χ2n) is 3.51. The first-order valence-corrected chi connectivity index (χ1v) is 4.88. The number of fused-ring (bicyclic) bond motifs is 1. The van der Waals surface area contributed by atoms with Gasteiger partial charge in [-0.3, -0.25) is 0 Å². The van der Waals surface area contributed by atoms with Crippen LogP contribution >= 0.6 is 0 Å². The molecule has 1 aromatic rings. The van der Waals surface area contributed by atoms with E-state index >= 15 is 0 Å². The molecule has 14 heavy (non-hydrogen) atoms. The van der Waals surface area contributed by atoms with Gasteiger partial charge in [0, 0.05) is 19.0 Å². The molecule has 1 aliphatic rings. The average molecular weight is 193 g/mol. The van der Waals surface area contributed by atoms with E-state index in [2.05, 4.69) is 12.2 Å². The summed E-state index contributed by atoms with van der Waals surface area (Å²) in [4.78, 5) is 0. The highest BCUT2D eigenvalue weighted by atomic mass is 16.5. The first-order valence-electron chi connectivity index (χ1n) is 4.88. The van der Waals surface area contributed by atoms with Crippen molar-refractivity contribution in [1.82, 2.24) is 0 Å². The highest BCUT2D eigenvalue weighted by Gasteiger charge is 2.13. The van der Waals surface area contributed by atoms with Gasteiger partial charge in [-0.25, -0.2) is 0 Å². The molecule has 0 saturated carbocycles. The molecule has 3 nitrogen and oxygen atoms in total. The number of hydrogen-bond donors (Lipinski definition) is 1. The molecule has 0 bridgehead atoms. The van der Waals surface area contributed by atoms with Gasteiger partial charge >= 0.3 is 0 Å². The molecule has 76 valence electrons. The van der Waals surface area contributed by atoms with E-state index in [-0.39, 0.29) is 6.10 Å². The summed E-state index contributed by atoms with van der Waals surface area (Å²) >= 11 is 0. The Hall–Kier alpha value is -1.38. The summed E-state index contributed by atoms with van der Waals surface area (Å²) in [6.45, 7) is 3.03. The maximum Gasteiger partial charge on any atom is 0.143 e. The van der Waals surface area contributed by atoms with E-state index in [1.807, 2.05) is 18.2 Å². The second kappa shape index (κ2) is 3.78. The van der Waals surface area contributed by atoms with E-state index in [0.29, 0.717) is 0 Å². The fourth-order valence-electron chi connectivity index (χ4n) is 1.56. The molecule has 2 rings (SSSR count). The zero-order valence-corrected chi connectivity index (χ0v) is 8.54. The van der Waals surface area contributed by atoms with Crippen molar-refractivity contribution in [3.05, 3.63) is 18.2 Å². The van der Waals surface area contributed by atoms with Crippen LogP contribution in [-0.4, -0.2) is 19.8 Å². The molecule has 3 heteroatoms. The van der Waals surface area contributed by atoms with Crippen molar-refractivity contribution in [3.63, 3.8) is 0 Å². The van der Waals surface area contributed by atoms with Gasteiger partial charge in [0.1, 0.15) is 11.5 Å². The lowest BCUT2D eigenvalue weighted by Crippen LogP contribution is -2.11. The van der Waals surface area contributed by atoms with Crippen molar-refractivity contribution >= 4 is 5.69 Å². The third-order valence-corrected chi connectivity index (χ3v) is 2.38. The Morgan fingerprint density at radius 2 is 2.36 bits per heavy atom. The summed E-state index contributed by atoms with van der Waals surface area (Å²) in [5, 5.41) is 3.33. The predicted octanol–water partition coefficient (Wildman–Crippen LogP) is 2.28. The summed E-state index contributed by atoms with van der Waals surface area (Å²) in [7, 11) is 1.67. The molecule has 0 amide bonds. The summed E-state index contributed by atoms with van der Waals surface area (Å²) < 4.78 is 10.9. The van der Waals surface area contributed by atoms with Gasteiger partial charge in [0.15, 0.2) is 0 Å². The van der Waals surface area contributed by atoms with Crippen LogP contribution in [0.15, 0.2) is 18.2 Å². The van der Waals surface area contributed by atoms with Crippen LogP contribution in [0.3, 0.4) is 0 Å². The van der Waals surface area contributed by atoms with Crippen LogP contribution in [0.2, 0.25) is 0 Å². The quantitative estimate of drug-likeness (QED) is 0.742. The van der Waals surface area contributed by atoms with Gasteiger partial charge in [-0.15, -0.1) is 0 Å². The second-order valence-corrected chi connectivity index (χ2v) is 3.51. The van der Waals surface area contributed by atoms with Crippen LogP contribution in [0.1, 0.15) is 13.3 Å². The summed E-state index contributed by atoms with van der Waals surface area (Å²) in [5.41, 5.74) is 1.02. The first-order chi connectivity index (χ1) is 6.79. The number of anilines is 1. The fourth-order valence-corrected chi connectivity index (χ4v) is 1.56. The molecular weight excluding hydrogens is 178 g/mol. The normalized spacial score (nSPS) is 20.0. The van der Waals surface area contributed by atoms with Gasteiger partial charge in [-0.1, -0.05) is 0 Å². The number of hydrogen-bond acceptors (Lipinski definition) is 3. The molecule has 0 aromatic heterocycles. The minimum atomic E-state index is 0.275.